The van der Waals surface area contributed by atoms with Crippen molar-refractivity contribution in [2.45, 2.75) is 218 Å². The summed E-state index contributed by atoms with van der Waals surface area (Å²) >= 11 is 0. The zero-order chi connectivity index (χ0) is 48.9. The fourth-order valence-electron chi connectivity index (χ4n) is 15.5. The highest BCUT2D eigenvalue weighted by Crippen LogP contribution is 2.76. The maximum Gasteiger partial charge on any atom is 0.335 e. The molecule has 9 aliphatic rings. The molecular weight excluding hydrogens is 881 g/mol. The summed E-state index contributed by atoms with van der Waals surface area (Å²) in [6.45, 7) is 17.3. The van der Waals surface area contributed by atoms with Gasteiger partial charge in [0.05, 0.1) is 17.6 Å². The van der Waals surface area contributed by atoms with E-state index in [9.17, 15) is 60.3 Å². The Kier molecular flexibility index (Phi) is 12.3. The number of rotatable bonds is 8. The van der Waals surface area contributed by atoms with Gasteiger partial charge in [0.2, 0.25) is 0 Å². The van der Waals surface area contributed by atoms with Crippen LogP contribution in [-0.4, -0.2) is 168 Å². The minimum atomic E-state index is -2.13. The van der Waals surface area contributed by atoms with Crippen LogP contribution in [0.2, 0.25) is 0 Å². The van der Waals surface area contributed by atoms with Crippen LogP contribution in [0, 0.1) is 50.2 Å². The number of aliphatic hydroxyl groups is 7. The van der Waals surface area contributed by atoms with E-state index >= 15 is 0 Å². The molecule has 8 fully saturated rings. The van der Waals surface area contributed by atoms with E-state index in [2.05, 4.69) is 54.5 Å². The summed E-state index contributed by atoms with van der Waals surface area (Å²) in [6, 6.07) is 0. The topological polar surface area (TPSA) is 298 Å². The highest BCUT2D eigenvalue weighted by atomic mass is 16.8. The Morgan fingerprint density at radius 2 is 1.21 bits per heavy atom. The number of carboxylic acids is 2. The van der Waals surface area contributed by atoms with Gasteiger partial charge in [-0.25, -0.2) is 9.59 Å². The molecule has 67 heavy (non-hydrogen) atoms. The molecule has 5 aliphatic carbocycles. The van der Waals surface area contributed by atoms with Crippen molar-refractivity contribution in [1.29, 1.82) is 0 Å². The Bertz CT molecular complexity index is 2000. The SMILES string of the molecule is C[C@@H]1O[C@H](O[C@@H]2[C@H](O[C@@H]3[C@H](O[C@@H]4CC[C@@]5(C)[C@H]6CC=C7[C@H]8C[C@@]9(C)C[C@H](OC9=O)[C@@]8(C)CC[C@@]7(C)[C@@]6(C)CC[C@H]5C4(C)C)O[C@@H](C(=O)O)[C@@H](O)[C@@H]3O)O[C@@H](C(=O)O)[C@H](O)[C@H]2O)[C@@H](O)[C@H](O)[C@@H]1O. The number of allylic oxidation sites excluding steroid dienone is 2. The molecule has 9 N–H and O–H groups in total. The lowest BCUT2D eigenvalue weighted by molar-refractivity contribution is -0.392. The van der Waals surface area contributed by atoms with E-state index in [4.69, 9.17) is 33.2 Å². The molecule has 19 heteroatoms. The number of carboxylic acid groups (broad SMARTS) is 2. The van der Waals surface area contributed by atoms with Gasteiger partial charge in [-0.1, -0.05) is 53.2 Å². The zero-order valence-electron chi connectivity index (χ0n) is 39.6. The van der Waals surface area contributed by atoms with Crippen LogP contribution >= 0.6 is 0 Å². The van der Waals surface area contributed by atoms with Crippen LogP contribution in [0.25, 0.3) is 0 Å². The molecule has 9 rings (SSSR count). The van der Waals surface area contributed by atoms with E-state index in [0.29, 0.717) is 12.3 Å². The maximum atomic E-state index is 13.2. The maximum absolute atomic E-state index is 13.2. The Morgan fingerprint density at radius 3 is 1.81 bits per heavy atom. The number of hydrogen-bond donors (Lipinski definition) is 9. The predicted molar refractivity (Wildman–Crippen MR) is 228 cm³/mol. The molecule has 0 spiro atoms. The average molecular weight is 953 g/mol. The summed E-state index contributed by atoms with van der Waals surface area (Å²) in [6.07, 6.45) is -18.9. The number of ether oxygens (including phenoxy) is 7. The van der Waals surface area contributed by atoms with E-state index in [1.807, 2.05) is 0 Å². The lowest BCUT2D eigenvalue weighted by Gasteiger charge is -2.71. The number of carbonyl (C=O) groups is 3. The summed E-state index contributed by atoms with van der Waals surface area (Å²) in [7, 11) is 0. The van der Waals surface area contributed by atoms with Gasteiger partial charge in [0, 0.05) is 11.8 Å². The van der Waals surface area contributed by atoms with Gasteiger partial charge in [0.1, 0.15) is 61.0 Å². The zero-order valence-corrected chi connectivity index (χ0v) is 39.6. The number of hydrogen-bond acceptors (Lipinski definition) is 17. The summed E-state index contributed by atoms with van der Waals surface area (Å²) < 4.78 is 41.9. The molecule has 2 bridgehead atoms. The third-order valence-electron chi connectivity index (χ3n) is 19.8. The van der Waals surface area contributed by atoms with Crippen LogP contribution in [0.15, 0.2) is 11.6 Å². The Hall–Kier alpha value is -2.37. The fraction of sp³-hybridized carbons (Fsp3) is 0.896. The quantitative estimate of drug-likeness (QED) is 0.0943. The first kappa shape index (κ1) is 49.6. The number of aliphatic carboxylic acids is 2. The highest BCUT2D eigenvalue weighted by molar-refractivity contribution is 5.79. The van der Waals surface area contributed by atoms with Crippen LogP contribution in [0.4, 0.5) is 0 Å². The van der Waals surface area contributed by atoms with E-state index in [1.54, 1.807) is 0 Å². The van der Waals surface area contributed by atoms with Gasteiger partial charge < -0.3 is 79.1 Å². The molecular formula is C48H72O19. The van der Waals surface area contributed by atoms with Crippen LogP contribution < -0.4 is 0 Å². The first-order valence-corrected chi connectivity index (χ1v) is 24.2. The summed E-state index contributed by atoms with van der Waals surface area (Å²) in [5, 5.41) is 96.4. The van der Waals surface area contributed by atoms with Crippen molar-refractivity contribution < 1.29 is 93.5 Å². The fourth-order valence-corrected chi connectivity index (χ4v) is 15.5. The molecule has 0 aromatic heterocycles. The summed E-state index contributed by atoms with van der Waals surface area (Å²) in [4.78, 5) is 37.9. The van der Waals surface area contributed by atoms with Crippen molar-refractivity contribution >= 4 is 17.9 Å². The van der Waals surface area contributed by atoms with E-state index in [1.165, 1.54) is 12.5 Å². The standard InChI is InChI=1S/C48H72O19/c1-19-26(49)27(50)32(55)39(61-19)66-36-31(54)29(52)34(38(58)59)65-41(36)67-35-30(53)28(51)33(37(56)57)64-40(35)62-24-12-13-46(6)22(43(24,2)3)11-14-48(8)23(46)10-9-20-21-17-44(4)18-25(63-42(44)60)45(21,5)15-16-47(20,48)7/h9,19,21-36,39-41,49-55H,10-18H2,1-8H3,(H,56,57)(H,58,59)/t19-,21+,22-,23+,24+,25-,26+,27+,28-,29+,30-,31+,32-,33+,34+,35-,36-,39+,40+,41-,44-,45-,46+,47+,48-/m0/s1. The largest absolute Gasteiger partial charge is 0.479 e. The van der Waals surface area contributed by atoms with Crippen molar-refractivity contribution in [2.24, 2.45) is 50.2 Å². The first-order chi connectivity index (χ1) is 31.1. The smallest absolute Gasteiger partial charge is 0.335 e. The molecule has 0 aromatic carbocycles. The van der Waals surface area contributed by atoms with E-state index in [-0.39, 0.29) is 45.6 Å². The van der Waals surface area contributed by atoms with Gasteiger partial charge >= 0.3 is 17.9 Å². The Morgan fingerprint density at radius 1 is 0.627 bits per heavy atom. The van der Waals surface area contributed by atoms with Crippen molar-refractivity contribution in [3.63, 3.8) is 0 Å². The van der Waals surface area contributed by atoms with E-state index < -0.39 is 121 Å². The third kappa shape index (κ3) is 7.25. The molecule has 0 amide bonds. The van der Waals surface area contributed by atoms with Crippen molar-refractivity contribution in [3.8, 4) is 0 Å². The molecule has 4 saturated heterocycles. The lowest BCUT2D eigenvalue weighted by Crippen LogP contribution is -2.68. The second-order valence-corrected chi connectivity index (χ2v) is 23.6. The second kappa shape index (κ2) is 16.6. The summed E-state index contributed by atoms with van der Waals surface area (Å²) in [5.41, 5.74) is -0.0229. The van der Waals surface area contributed by atoms with Gasteiger partial charge in [-0.2, -0.15) is 0 Å². The van der Waals surface area contributed by atoms with Crippen molar-refractivity contribution in [2.75, 3.05) is 0 Å². The summed E-state index contributed by atoms with van der Waals surface area (Å²) in [5.74, 6) is -2.74. The molecule has 25 atom stereocenters. The Labute approximate surface area is 390 Å². The van der Waals surface area contributed by atoms with Crippen LogP contribution in [-0.2, 0) is 47.5 Å². The molecule has 0 radical (unpaired) electrons. The minimum Gasteiger partial charge on any atom is -0.479 e. The van der Waals surface area contributed by atoms with Crippen molar-refractivity contribution in [1.82, 2.24) is 0 Å². The number of carbonyl (C=O) groups excluding carboxylic acids is 1. The first-order valence-electron chi connectivity index (χ1n) is 24.2. The van der Waals surface area contributed by atoms with Gasteiger partial charge in [-0.3, -0.25) is 4.79 Å². The van der Waals surface area contributed by atoms with Gasteiger partial charge in [0.15, 0.2) is 31.1 Å². The number of fused-ring (bicyclic) bond motifs is 10. The molecule has 0 unspecified atom stereocenters. The highest BCUT2D eigenvalue weighted by Gasteiger charge is 2.71. The van der Waals surface area contributed by atoms with Gasteiger partial charge in [0.25, 0.3) is 0 Å². The molecule has 0 aromatic rings. The molecule has 378 valence electrons. The average Bonchev–Trinajstić information content (AvgIpc) is 3.52. The number of esters is 1. The molecule has 4 aliphatic heterocycles. The predicted octanol–water partition coefficient (Wildman–Crippen LogP) is 1.37. The molecule has 4 saturated carbocycles. The number of aliphatic hydroxyl groups excluding tert-OH is 7. The van der Waals surface area contributed by atoms with Gasteiger partial charge in [-0.15, -0.1) is 0 Å². The lowest BCUT2D eigenvalue weighted by atomic mass is 9.33. The Balaban J connectivity index is 0.985. The van der Waals surface area contributed by atoms with Crippen LogP contribution in [0.3, 0.4) is 0 Å². The molecule has 19 nitrogen and oxygen atoms in total. The minimum absolute atomic E-state index is 0.0602. The second-order valence-electron chi connectivity index (χ2n) is 23.6. The van der Waals surface area contributed by atoms with Crippen LogP contribution in [0.1, 0.15) is 113 Å². The van der Waals surface area contributed by atoms with E-state index in [0.717, 1.165) is 51.4 Å². The third-order valence-corrected chi connectivity index (χ3v) is 19.8. The van der Waals surface area contributed by atoms with Crippen LogP contribution in [0.5, 0.6) is 0 Å². The normalized spacial score (nSPS) is 55.7. The molecule has 4 heterocycles. The van der Waals surface area contributed by atoms with Crippen molar-refractivity contribution in [3.05, 3.63) is 11.6 Å². The monoisotopic (exact) mass is 952 g/mol. The van der Waals surface area contributed by atoms with Gasteiger partial charge in [-0.05, 0) is 105 Å².